The molecule has 0 aromatic rings. The molecule has 0 atom stereocenters. The summed E-state index contributed by atoms with van der Waals surface area (Å²) < 4.78 is 0. The maximum absolute atomic E-state index is 10.4. The van der Waals surface area contributed by atoms with Crippen LogP contribution in [-0.2, 0) is 0 Å². The Labute approximate surface area is 96.5 Å². The van der Waals surface area contributed by atoms with Crippen molar-refractivity contribution in [3.8, 4) is 6.07 Å². The SMILES string of the molecule is N#CC1(NC2(O)CCCCC2)C=C[CH]C=C1. The van der Waals surface area contributed by atoms with Crippen LogP contribution in [0.2, 0.25) is 0 Å². The number of hydrogen-bond donors (Lipinski definition) is 2. The lowest BCUT2D eigenvalue weighted by molar-refractivity contribution is -0.0362. The molecule has 0 aromatic carbocycles. The molecule has 0 aromatic heterocycles. The van der Waals surface area contributed by atoms with Gasteiger partial charge in [-0.05, 0) is 37.8 Å². The van der Waals surface area contributed by atoms with Gasteiger partial charge in [0.15, 0.2) is 0 Å². The summed E-state index contributed by atoms with van der Waals surface area (Å²) in [6.07, 6.45) is 13.8. The minimum atomic E-state index is -0.889. The van der Waals surface area contributed by atoms with Crippen LogP contribution in [-0.4, -0.2) is 16.4 Å². The van der Waals surface area contributed by atoms with Gasteiger partial charge in [0.05, 0.1) is 6.07 Å². The lowest BCUT2D eigenvalue weighted by atomic mass is 9.87. The van der Waals surface area contributed by atoms with E-state index < -0.39 is 11.3 Å². The number of allylic oxidation sites excluding steroid dienone is 2. The maximum Gasteiger partial charge on any atom is 0.146 e. The van der Waals surface area contributed by atoms with Crippen molar-refractivity contribution in [1.29, 1.82) is 5.26 Å². The zero-order chi connectivity index (χ0) is 11.5. The van der Waals surface area contributed by atoms with E-state index in [4.69, 9.17) is 0 Å². The van der Waals surface area contributed by atoms with Gasteiger partial charge in [0.2, 0.25) is 0 Å². The number of aliphatic hydroxyl groups is 1. The predicted molar refractivity (Wildman–Crippen MR) is 62.1 cm³/mol. The van der Waals surface area contributed by atoms with Crippen LogP contribution in [0.5, 0.6) is 0 Å². The molecular weight excluding hydrogens is 200 g/mol. The summed E-state index contributed by atoms with van der Waals surface area (Å²) in [6.45, 7) is 0. The summed E-state index contributed by atoms with van der Waals surface area (Å²) in [5, 5.41) is 22.7. The Balaban J connectivity index is 2.12. The molecule has 2 rings (SSSR count). The minimum absolute atomic E-state index is 0.724. The summed E-state index contributed by atoms with van der Waals surface area (Å²) in [7, 11) is 0. The Bertz CT molecular complexity index is 333. The van der Waals surface area contributed by atoms with Gasteiger partial charge in [-0.2, -0.15) is 5.26 Å². The normalized spacial score (nSPS) is 26.2. The van der Waals surface area contributed by atoms with Crippen LogP contribution in [0.3, 0.4) is 0 Å². The highest BCUT2D eigenvalue weighted by Gasteiger charge is 2.37. The van der Waals surface area contributed by atoms with E-state index in [0.29, 0.717) is 0 Å². The molecule has 2 aliphatic rings. The highest BCUT2D eigenvalue weighted by Crippen LogP contribution is 2.29. The third kappa shape index (κ3) is 2.34. The third-order valence-corrected chi connectivity index (χ3v) is 3.25. The van der Waals surface area contributed by atoms with Gasteiger partial charge in [0, 0.05) is 6.42 Å². The predicted octanol–water partition coefficient (Wildman–Crippen LogP) is 1.82. The quantitative estimate of drug-likeness (QED) is 0.694. The Morgan fingerprint density at radius 2 is 1.75 bits per heavy atom. The van der Waals surface area contributed by atoms with Gasteiger partial charge in [-0.1, -0.05) is 18.6 Å². The molecular formula is C13H17N2O. The van der Waals surface area contributed by atoms with Crippen LogP contribution < -0.4 is 5.32 Å². The van der Waals surface area contributed by atoms with Crippen molar-refractivity contribution >= 4 is 0 Å². The Morgan fingerprint density at radius 3 is 2.31 bits per heavy atom. The van der Waals surface area contributed by atoms with E-state index in [0.717, 1.165) is 25.7 Å². The molecule has 1 fully saturated rings. The van der Waals surface area contributed by atoms with Crippen LogP contribution in [0.4, 0.5) is 0 Å². The van der Waals surface area contributed by atoms with E-state index >= 15 is 0 Å². The zero-order valence-electron chi connectivity index (χ0n) is 9.32. The Hall–Kier alpha value is -1.11. The molecule has 3 heteroatoms. The minimum Gasteiger partial charge on any atom is -0.376 e. The molecule has 85 valence electrons. The largest absolute Gasteiger partial charge is 0.376 e. The molecule has 2 N–H and O–H groups in total. The monoisotopic (exact) mass is 217 g/mol. The van der Waals surface area contributed by atoms with E-state index in [9.17, 15) is 10.4 Å². The molecule has 0 heterocycles. The summed E-state index contributed by atoms with van der Waals surface area (Å²) in [5.74, 6) is 0. The van der Waals surface area contributed by atoms with Gasteiger partial charge >= 0.3 is 0 Å². The first kappa shape index (κ1) is 11.4. The molecule has 0 spiro atoms. The third-order valence-electron chi connectivity index (χ3n) is 3.25. The lowest BCUT2D eigenvalue weighted by Gasteiger charge is -2.38. The van der Waals surface area contributed by atoms with E-state index in [1.807, 2.05) is 18.6 Å². The summed E-state index contributed by atoms with van der Waals surface area (Å²) in [4.78, 5) is 0. The summed E-state index contributed by atoms with van der Waals surface area (Å²) in [5.41, 5.74) is -1.74. The van der Waals surface area contributed by atoms with Crippen molar-refractivity contribution < 1.29 is 5.11 Å². The molecule has 16 heavy (non-hydrogen) atoms. The first-order chi connectivity index (χ1) is 7.68. The van der Waals surface area contributed by atoms with Gasteiger partial charge in [-0.15, -0.1) is 0 Å². The van der Waals surface area contributed by atoms with Crippen LogP contribution in [0, 0.1) is 17.8 Å². The molecule has 2 aliphatic carbocycles. The molecule has 0 saturated heterocycles. The number of nitriles is 1. The van der Waals surface area contributed by atoms with E-state index in [-0.39, 0.29) is 0 Å². The Kier molecular flexibility index (Phi) is 3.13. The van der Waals surface area contributed by atoms with Gasteiger partial charge in [-0.3, -0.25) is 5.32 Å². The molecule has 3 nitrogen and oxygen atoms in total. The van der Waals surface area contributed by atoms with E-state index in [1.54, 1.807) is 12.2 Å². The average Bonchev–Trinajstić information content (AvgIpc) is 2.30. The molecule has 0 unspecified atom stereocenters. The fraction of sp³-hybridized carbons (Fsp3) is 0.538. The Morgan fingerprint density at radius 1 is 1.12 bits per heavy atom. The first-order valence-corrected chi connectivity index (χ1v) is 5.82. The second-order valence-corrected chi connectivity index (χ2v) is 4.61. The highest BCUT2D eigenvalue weighted by molar-refractivity contribution is 5.37. The van der Waals surface area contributed by atoms with Crippen LogP contribution in [0.25, 0.3) is 0 Å². The number of hydrogen-bond acceptors (Lipinski definition) is 3. The molecule has 1 saturated carbocycles. The van der Waals surface area contributed by atoms with Gasteiger partial charge < -0.3 is 5.11 Å². The van der Waals surface area contributed by atoms with Crippen molar-refractivity contribution in [3.63, 3.8) is 0 Å². The molecule has 0 amide bonds. The smallest absolute Gasteiger partial charge is 0.146 e. The van der Waals surface area contributed by atoms with Crippen molar-refractivity contribution in [2.75, 3.05) is 0 Å². The van der Waals surface area contributed by atoms with E-state index in [2.05, 4.69) is 11.4 Å². The van der Waals surface area contributed by atoms with E-state index in [1.165, 1.54) is 6.42 Å². The number of nitrogens with zero attached hydrogens (tertiary/aromatic N) is 1. The summed E-state index contributed by atoms with van der Waals surface area (Å²) in [6, 6.07) is 2.23. The van der Waals surface area contributed by atoms with Crippen LogP contribution >= 0.6 is 0 Å². The van der Waals surface area contributed by atoms with Crippen molar-refractivity contribution in [2.45, 2.75) is 43.4 Å². The second-order valence-electron chi connectivity index (χ2n) is 4.61. The van der Waals surface area contributed by atoms with Crippen molar-refractivity contribution in [2.24, 2.45) is 0 Å². The fourth-order valence-corrected chi connectivity index (χ4v) is 2.37. The van der Waals surface area contributed by atoms with Gasteiger partial charge in [0.1, 0.15) is 11.3 Å². The van der Waals surface area contributed by atoms with Gasteiger partial charge in [0.25, 0.3) is 0 Å². The highest BCUT2D eigenvalue weighted by atomic mass is 16.3. The topological polar surface area (TPSA) is 56.0 Å². The first-order valence-electron chi connectivity index (χ1n) is 5.82. The second kappa shape index (κ2) is 4.40. The van der Waals surface area contributed by atoms with Crippen LogP contribution in [0.1, 0.15) is 32.1 Å². The molecule has 0 bridgehead atoms. The molecule has 0 aliphatic heterocycles. The average molecular weight is 217 g/mol. The van der Waals surface area contributed by atoms with Crippen molar-refractivity contribution in [1.82, 2.24) is 5.32 Å². The van der Waals surface area contributed by atoms with Crippen molar-refractivity contribution in [3.05, 3.63) is 30.7 Å². The lowest BCUT2D eigenvalue weighted by Crippen LogP contribution is -2.57. The standard InChI is InChI=1S/C13H17N2O/c14-11-12(7-3-1-4-8-12)15-13(16)9-5-2-6-10-13/h1,3-4,7-8,15-16H,2,5-6,9-10H2. The van der Waals surface area contributed by atoms with Crippen LogP contribution in [0.15, 0.2) is 24.3 Å². The summed E-state index contributed by atoms with van der Waals surface area (Å²) >= 11 is 0. The fourth-order valence-electron chi connectivity index (χ4n) is 2.37. The number of rotatable bonds is 2. The van der Waals surface area contributed by atoms with Gasteiger partial charge in [-0.25, -0.2) is 0 Å². The zero-order valence-corrected chi connectivity index (χ0v) is 9.32. The number of nitrogens with one attached hydrogen (secondary N) is 1. The molecule has 1 radical (unpaired) electrons. The maximum atomic E-state index is 10.4.